The molecule has 0 fully saturated rings. The monoisotopic (exact) mass is 390 g/mol. The molecule has 0 aliphatic rings. The zero-order chi connectivity index (χ0) is 18.6. The Hall–Kier alpha value is -2.95. The van der Waals surface area contributed by atoms with Crippen molar-refractivity contribution >= 4 is 50.8 Å². The van der Waals surface area contributed by atoms with Gasteiger partial charge in [-0.1, -0.05) is 60.1 Å². The molecule has 0 spiro atoms. The van der Waals surface area contributed by atoms with E-state index in [1.165, 1.54) is 6.08 Å². The highest BCUT2D eigenvalue weighted by Gasteiger charge is 2.10. The predicted molar refractivity (Wildman–Crippen MR) is 114 cm³/mol. The maximum Gasteiger partial charge on any atom is 0.248 e. The van der Waals surface area contributed by atoms with Crippen molar-refractivity contribution in [1.29, 1.82) is 0 Å². The third-order valence-electron chi connectivity index (χ3n) is 3.99. The molecule has 0 unspecified atom stereocenters. The van der Waals surface area contributed by atoms with E-state index in [4.69, 9.17) is 11.6 Å². The average Bonchev–Trinajstić information content (AvgIpc) is 3.13. The Kier molecular flexibility index (Phi) is 5.01. The van der Waals surface area contributed by atoms with E-state index in [0.29, 0.717) is 10.7 Å². The van der Waals surface area contributed by atoms with E-state index in [2.05, 4.69) is 10.3 Å². The molecule has 1 amide bonds. The van der Waals surface area contributed by atoms with Crippen molar-refractivity contribution < 1.29 is 4.79 Å². The number of hydrogen-bond donors (Lipinski definition) is 1. The van der Waals surface area contributed by atoms with Crippen LogP contribution in [0.1, 0.15) is 5.56 Å². The summed E-state index contributed by atoms with van der Waals surface area (Å²) < 4.78 is 1.12. The molecule has 1 heterocycles. The summed E-state index contributed by atoms with van der Waals surface area (Å²) in [4.78, 5) is 16.9. The molecule has 0 saturated heterocycles. The van der Waals surface area contributed by atoms with Gasteiger partial charge >= 0.3 is 0 Å². The molecule has 0 bridgehead atoms. The molecule has 4 aromatic rings. The van der Waals surface area contributed by atoms with Gasteiger partial charge in [0.15, 0.2) is 0 Å². The van der Waals surface area contributed by atoms with Gasteiger partial charge in [0.1, 0.15) is 5.01 Å². The van der Waals surface area contributed by atoms with E-state index in [-0.39, 0.29) is 5.91 Å². The largest absolute Gasteiger partial charge is 0.321 e. The molecule has 1 aromatic heterocycles. The van der Waals surface area contributed by atoms with Crippen molar-refractivity contribution in [2.24, 2.45) is 0 Å². The maximum absolute atomic E-state index is 12.3. The second-order valence-electron chi connectivity index (χ2n) is 5.91. The molecule has 1 N–H and O–H groups in total. The van der Waals surface area contributed by atoms with Gasteiger partial charge in [0.25, 0.3) is 0 Å². The third kappa shape index (κ3) is 4.08. The fourth-order valence-electron chi connectivity index (χ4n) is 2.66. The summed E-state index contributed by atoms with van der Waals surface area (Å²) >= 11 is 7.88. The van der Waals surface area contributed by atoms with Crippen LogP contribution in [-0.4, -0.2) is 10.9 Å². The van der Waals surface area contributed by atoms with E-state index in [9.17, 15) is 4.79 Å². The van der Waals surface area contributed by atoms with Gasteiger partial charge in [-0.2, -0.15) is 0 Å². The summed E-state index contributed by atoms with van der Waals surface area (Å²) in [6.07, 6.45) is 3.26. The minimum absolute atomic E-state index is 0.234. The summed E-state index contributed by atoms with van der Waals surface area (Å²) in [5.41, 5.74) is 3.41. The van der Waals surface area contributed by atoms with Crippen molar-refractivity contribution in [3.63, 3.8) is 0 Å². The molecule has 132 valence electrons. The van der Waals surface area contributed by atoms with Gasteiger partial charge in [0, 0.05) is 11.6 Å². The summed E-state index contributed by atoms with van der Waals surface area (Å²) in [7, 11) is 0. The van der Waals surface area contributed by atoms with Crippen LogP contribution in [0.2, 0.25) is 5.02 Å². The number of benzene rings is 3. The summed E-state index contributed by atoms with van der Waals surface area (Å²) in [6, 6.07) is 23.2. The molecule has 0 aliphatic heterocycles. The molecule has 0 atom stereocenters. The third-order valence-corrected chi connectivity index (χ3v) is 5.41. The highest BCUT2D eigenvalue weighted by Crippen LogP contribution is 2.33. The number of aromatic nitrogens is 1. The lowest BCUT2D eigenvalue weighted by Gasteiger charge is -2.07. The Labute approximate surface area is 166 Å². The fraction of sp³-hybridized carbons (Fsp3) is 0. The van der Waals surface area contributed by atoms with Crippen molar-refractivity contribution in [3.8, 4) is 10.6 Å². The number of amides is 1. The van der Waals surface area contributed by atoms with Crippen molar-refractivity contribution in [2.45, 2.75) is 0 Å². The SMILES string of the molecule is O=C(/C=C/c1ccccc1)Nc1cc(-c2nc3ccccc3s2)ccc1Cl. The normalized spacial score (nSPS) is 11.1. The number of fused-ring (bicyclic) bond motifs is 1. The van der Waals surface area contributed by atoms with E-state index in [1.807, 2.05) is 66.7 Å². The molecule has 0 aliphatic carbocycles. The summed E-state index contributed by atoms with van der Waals surface area (Å²) in [5.74, 6) is -0.234. The van der Waals surface area contributed by atoms with E-state index >= 15 is 0 Å². The number of anilines is 1. The number of nitrogens with zero attached hydrogens (tertiary/aromatic N) is 1. The first-order valence-electron chi connectivity index (χ1n) is 8.39. The molecular weight excluding hydrogens is 376 g/mol. The van der Waals surface area contributed by atoms with Gasteiger partial charge in [-0.05, 0) is 35.9 Å². The minimum Gasteiger partial charge on any atom is -0.321 e. The van der Waals surface area contributed by atoms with E-state index < -0.39 is 0 Å². The van der Waals surface area contributed by atoms with Crippen LogP contribution in [0.15, 0.2) is 78.9 Å². The number of para-hydroxylation sites is 1. The van der Waals surface area contributed by atoms with Crippen LogP contribution in [0.25, 0.3) is 26.9 Å². The smallest absolute Gasteiger partial charge is 0.248 e. The van der Waals surface area contributed by atoms with Crippen LogP contribution in [0.5, 0.6) is 0 Å². The Bertz CT molecular complexity index is 1100. The van der Waals surface area contributed by atoms with Gasteiger partial charge in [0.05, 0.1) is 20.9 Å². The Morgan fingerprint density at radius 3 is 2.59 bits per heavy atom. The zero-order valence-electron chi connectivity index (χ0n) is 14.2. The topological polar surface area (TPSA) is 42.0 Å². The van der Waals surface area contributed by atoms with Crippen LogP contribution in [-0.2, 0) is 4.79 Å². The highest BCUT2D eigenvalue weighted by atomic mass is 35.5. The first-order valence-corrected chi connectivity index (χ1v) is 9.58. The summed E-state index contributed by atoms with van der Waals surface area (Å²) in [5, 5.41) is 4.22. The first-order chi connectivity index (χ1) is 13.2. The Morgan fingerprint density at radius 2 is 1.78 bits per heavy atom. The lowest BCUT2D eigenvalue weighted by molar-refractivity contribution is -0.111. The van der Waals surface area contributed by atoms with Gasteiger partial charge < -0.3 is 5.32 Å². The van der Waals surface area contributed by atoms with Crippen LogP contribution in [0.4, 0.5) is 5.69 Å². The van der Waals surface area contributed by atoms with Gasteiger partial charge in [0.2, 0.25) is 5.91 Å². The lowest BCUT2D eigenvalue weighted by atomic mass is 10.2. The second kappa shape index (κ2) is 7.74. The molecule has 4 rings (SSSR count). The molecule has 3 aromatic carbocycles. The fourth-order valence-corrected chi connectivity index (χ4v) is 3.79. The molecule has 0 radical (unpaired) electrons. The average molecular weight is 391 g/mol. The van der Waals surface area contributed by atoms with Crippen molar-refractivity contribution in [1.82, 2.24) is 4.98 Å². The van der Waals surface area contributed by atoms with Crippen LogP contribution in [0, 0.1) is 0 Å². The molecule has 27 heavy (non-hydrogen) atoms. The zero-order valence-corrected chi connectivity index (χ0v) is 15.8. The maximum atomic E-state index is 12.3. The van der Waals surface area contributed by atoms with Crippen molar-refractivity contribution in [2.75, 3.05) is 5.32 Å². The van der Waals surface area contributed by atoms with Crippen LogP contribution >= 0.6 is 22.9 Å². The number of hydrogen-bond acceptors (Lipinski definition) is 3. The highest BCUT2D eigenvalue weighted by molar-refractivity contribution is 7.21. The number of halogens is 1. The summed E-state index contributed by atoms with van der Waals surface area (Å²) in [6.45, 7) is 0. The molecule has 3 nitrogen and oxygen atoms in total. The lowest BCUT2D eigenvalue weighted by Crippen LogP contribution is -2.08. The number of nitrogens with one attached hydrogen (secondary N) is 1. The van der Waals surface area contributed by atoms with Gasteiger partial charge in [-0.3, -0.25) is 4.79 Å². The predicted octanol–water partition coefficient (Wildman–Crippen LogP) is 6.27. The molecular formula is C22H15ClN2OS. The van der Waals surface area contributed by atoms with E-state index in [1.54, 1.807) is 23.5 Å². The molecule has 0 saturated carbocycles. The number of rotatable bonds is 4. The number of carbonyl (C=O) groups is 1. The Balaban J connectivity index is 1.57. The Morgan fingerprint density at radius 1 is 1.00 bits per heavy atom. The quantitative estimate of drug-likeness (QED) is 0.417. The van der Waals surface area contributed by atoms with Crippen molar-refractivity contribution in [3.05, 3.63) is 89.5 Å². The van der Waals surface area contributed by atoms with Crippen LogP contribution in [0.3, 0.4) is 0 Å². The standard InChI is InChI=1S/C22H15ClN2OS/c23-17-12-11-16(22-25-18-8-4-5-9-20(18)27-22)14-19(17)24-21(26)13-10-15-6-2-1-3-7-15/h1-14H,(H,24,26)/b13-10+. The number of thiazole rings is 1. The van der Waals surface area contributed by atoms with Gasteiger partial charge in [-0.15, -0.1) is 11.3 Å². The van der Waals surface area contributed by atoms with E-state index in [0.717, 1.165) is 26.4 Å². The molecule has 5 heteroatoms. The van der Waals surface area contributed by atoms with Crippen LogP contribution < -0.4 is 5.32 Å². The first kappa shape index (κ1) is 17.5. The van der Waals surface area contributed by atoms with Gasteiger partial charge in [-0.25, -0.2) is 4.98 Å². The second-order valence-corrected chi connectivity index (χ2v) is 7.35. The minimum atomic E-state index is -0.234. The number of carbonyl (C=O) groups excluding carboxylic acids is 1.